The molecule has 0 spiro atoms. The molecule has 6 fully saturated rings. The van der Waals surface area contributed by atoms with Crippen LogP contribution in [0.4, 0.5) is 0 Å². The van der Waals surface area contributed by atoms with Crippen molar-refractivity contribution in [2.75, 3.05) is 66.6 Å². The van der Waals surface area contributed by atoms with Gasteiger partial charge in [0.15, 0.2) is 0 Å². The fourth-order valence-electron chi connectivity index (χ4n) is 15.5. The Kier molecular flexibility index (Phi) is 15.2. The van der Waals surface area contributed by atoms with Crippen LogP contribution in [0.1, 0.15) is 150 Å². The van der Waals surface area contributed by atoms with Crippen LogP contribution >= 0.6 is 0 Å². The van der Waals surface area contributed by atoms with Gasteiger partial charge in [-0.3, -0.25) is 0 Å². The summed E-state index contributed by atoms with van der Waals surface area (Å²) in [5.41, 5.74) is 5.95. The molecule has 0 radical (unpaired) electrons. The van der Waals surface area contributed by atoms with Crippen LogP contribution in [0.15, 0.2) is 23.3 Å². The maximum Gasteiger partial charge on any atom is 0.0544 e. The topological polar surface area (TPSA) is 111 Å². The summed E-state index contributed by atoms with van der Waals surface area (Å²) in [7, 11) is 4.47. The van der Waals surface area contributed by atoms with E-state index in [-0.39, 0.29) is 48.1 Å². The van der Waals surface area contributed by atoms with Crippen LogP contribution in [0.25, 0.3) is 0 Å². The lowest BCUT2D eigenvalue weighted by molar-refractivity contribution is -0.0938. The van der Waals surface area contributed by atoms with Crippen molar-refractivity contribution in [1.29, 1.82) is 0 Å². The minimum Gasteiger partial charge on any atom is -0.396 e. The predicted octanol–water partition coefficient (Wildman–Crippen LogP) is 7.80. The smallest absolute Gasteiger partial charge is 0.0544 e. The van der Waals surface area contributed by atoms with E-state index in [9.17, 15) is 20.4 Å². The normalized spacial score (nSPS) is 43.4. The Balaban J connectivity index is 0.000000181. The monoisotopic (exact) mass is 837 g/mol. The van der Waals surface area contributed by atoms with Gasteiger partial charge in [-0.05, 0) is 225 Å². The van der Waals surface area contributed by atoms with Crippen LogP contribution in [-0.4, -0.2) is 121 Å². The van der Waals surface area contributed by atoms with Crippen molar-refractivity contribution in [3.05, 3.63) is 23.3 Å². The maximum absolute atomic E-state index is 10.3. The van der Waals surface area contributed by atoms with E-state index in [1.54, 1.807) is 11.1 Å². The lowest BCUT2D eigenvalue weighted by Gasteiger charge is -2.57. The molecule has 8 nitrogen and oxygen atoms in total. The Hall–Kier alpha value is -0.840. The third-order valence-electron chi connectivity index (χ3n) is 20.1. The van der Waals surface area contributed by atoms with Crippen molar-refractivity contribution in [3.63, 3.8) is 0 Å². The first kappa shape index (κ1) is 47.1. The molecule has 12 atom stereocenters. The number of nitrogens with one attached hydrogen (secondary N) is 2. The largest absolute Gasteiger partial charge is 0.396 e. The van der Waals surface area contributed by atoms with Crippen LogP contribution in [-0.2, 0) is 0 Å². The number of piperidine rings is 2. The van der Waals surface area contributed by atoms with Gasteiger partial charge in [0.2, 0.25) is 0 Å². The zero-order valence-electron chi connectivity index (χ0n) is 39.6. The Bertz CT molecular complexity index is 1470. The lowest BCUT2D eigenvalue weighted by atomic mass is 9.49. The highest BCUT2D eigenvalue weighted by atomic mass is 16.3. The second kappa shape index (κ2) is 19.3. The van der Waals surface area contributed by atoms with Gasteiger partial charge in [0.1, 0.15) is 0 Å². The first-order chi connectivity index (χ1) is 28.5. The van der Waals surface area contributed by atoms with E-state index in [1.807, 2.05) is 0 Å². The summed E-state index contributed by atoms with van der Waals surface area (Å²) >= 11 is 0. The summed E-state index contributed by atoms with van der Waals surface area (Å²) in [5, 5.41) is 49.1. The van der Waals surface area contributed by atoms with Crippen LogP contribution in [0, 0.1) is 63.1 Å². The Morgan fingerprint density at radius 3 is 1.67 bits per heavy atom. The number of allylic oxidation sites excluding steroid dienone is 2. The van der Waals surface area contributed by atoms with Gasteiger partial charge in [0, 0.05) is 31.8 Å². The van der Waals surface area contributed by atoms with Crippen LogP contribution in [0.3, 0.4) is 0 Å². The summed E-state index contributed by atoms with van der Waals surface area (Å²) in [5.74, 6) is 3.67. The Morgan fingerprint density at radius 1 is 0.600 bits per heavy atom. The first-order valence-electron chi connectivity index (χ1n) is 25.3. The van der Waals surface area contributed by atoms with E-state index in [4.69, 9.17) is 0 Å². The van der Waals surface area contributed by atoms with E-state index in [0.717, 1.165) is 51.6 Å². The van der Waals surface area contributed by atoms with Gasteiger partial charge < -0.3 is 40.9 Å². The van der Waals surface area contributed by atoms with Crippen LogP contribution < -0.4 is 10.6 Å². The number of hydrogen-bond acceptors (Lipinski definition) is 8. The number of likely N-dealkylation sites (tertiary alicyclic amines) is 2. The molecule has 8 rings (SSSR count). The van der Waals surface area contributed by atoms with Gasteiger partial charge >= 0.3 is 0 Å². The van der Waals surface area contributed by atoms with Gasteiger partial charge in [-0.2, -0.15) is 0 Å². The molecule has 6 aliphatic carbocycles. The molecule has 4 saturated carbocycles. The zero-order chi connectivity index (χ0) is 43.0. The Morgan fingerprint density at radius 2 is 1.12 bits per heavy atom. The standard InChI is InChI=1S/2C26H46N2O2/c1-25(2)11-8-21-22(16-27-19-9-13-28(4)14-10-19)24(6-5-23(21)25)26(3)12-7-20(30)15-18(26)17-29;1-18-5-6-23-22(16-27-20-9-13-28(4)14-10-20)24(8-12-25(18,23)2)26(3)11-7-21(30)15-19(26)17-29/h18-20,22,24,27,29-30H,5-17H2,1-4H3;19-24,27,29-30H,1,5-17H2,2-4H3/t18-,20+,22+,24+,26+;19-,21+,22+,23+,24+,25-,26+/m11/s1. The van der Waals surface area contributed by atoms with Crippen LogP contribution in [0.5, 0.6) is 0 Å². The first-order valence-corrected chi connectivity index (χ1v) is 25.3. The molecule has 8 aliphatic rings. The number of fused-ring (bicyclic) bond motifs is 1. The minimum atomic E-state index is -0.230. The lowest BCUT2D eigenvalue weighted by Crippen LogP contribution is -2.54. The van der Waals surface area contributed by atoms with Crippen molar-refractivity contribution in [3.8, 4) is 0 Å². The van der Waals surface area contributed by atoms with E-state index >= 15 is 0 Å². The van der Waals surface area contributed by atoms with Gasteiger partial charge in [0.25, 0.3) is 0 Å². The average molecular weight is 837 g/mol. The van der Waals surface area contributed by atoms with Crippen molar-refractivity contribution in [1.82, 2.24) is 20.4 Å². The van der Waals surface area contributed by atoms with Crippen molar-refractivity contribution in [2.24, 2.45) is 63.1 Å². The molecule has 0 bridgehead atoms. The highest BCUT2D eigenvalue weighted by Gasteiger charge is 2.57. The number of rotatable bonds is 10. The highest BCUT2D eigenvalue weighted by Crippen LogP contribution is 2.64. The van der Waals surface area contributed by atoms with Gasteiger partial charge in [-0.15, -0.1) is 0 Å². The van der Waals surface area contributed by atoms with E-state index < -0.39 is 0 Å². The molecule has 2 heterocycles. The molecular weight excluding hydrogens is 745 g/mol. The average Bonchev–Trinajstić information content (AvgIpc) is 3.72. The molecule has 344 valence electrons. The second-order valence-electron chi connectivity index (χ2n) is 23.7. The van der Waals surface area contributed by atoms with E-state index in [0.29, 0.717) is 52.5 Å². The molecule has 6 N–H and O–H groups in total. The summed E-state index contributed by atoms with van der Waals surface area (Å²) in [6, 6.07) is 1.30. The fourth-order valence-corrected chi connectivity index (χ4v) is 15.5. The van der Waals surface area contributed by atoms with Gasteiger partial charge in [-0.25, -0.2) is 0 Å². The minimum absolute atomic E-state index is 0.137. The number of aliphatic hydroxyl groups excluding tert-OH is 4. The third-order valence-corrected chi connectivity index (χ3v) is 20.1. The summed E-state index contributed by atoms with van der Waals surface area (Å²) in [4.78, 5) is 4.89. The second-order valence-corrected chi connectivity index (χ2v) is 23.7. The molecule has 0 unspecified atom stereocenters. The molecule has 2 aliphatic heterocycles. The molecule has 2 saturated heterocycles. The van der Waals surface area contributed by atoms with Gasteiger partial charge in [0.05, 0.1) is 12.2 Å². The number of nitrogens with zero attached hydrogens (tertiary/aromatic N) is 2. The van der Waals surface area contributed by atoms with Crippen LogP contribution in [0.2, 0.25) is 0 Å². The summed E-state index contributed by atoms with van der Waals surface area (Å²) in [6.07, 6.45) is 20.1. The van der Waals surface area contributed by atoms with Crippen molar-refractivity contribution >= 4 is 0 Å². The van der Waals surface area contributed by atoms with Crippen molar-refractivity contribution in [2.45, 2.75) is 174 Å². The number of aliphatic hydroxyl groups is 4. The molecule has 60 heavy (non-hydrogen) atoms. The quantitative estimate of drug-likeness (QED) is 0.124. The summed E-state index contributed by atoms with van der Waals surface area (Å²) in [6.45, 7) is 24.2. The van der Waals surface area contributed by atoms with E-state index in [2.05, 4.69) is 75.7 Å². The molecule has 8 heteroatoms. The Labute approximate surface area is 367 Å². The highest BCUT2D eigenvalue weighted by molar-refractivity contribution is 5.33. The molecule has 0 aromatic carbocycles. The summed E-state index contributed by atoms with van der Waals surface area (Å²) < 4.78 is 0. The third kappa shape index (κ3) is 9.58. The van der Waals surface area contributed by atoms with Gasteiger partial charge in [-0.1, -0.05) is 57.9 Å². The molecular formula is C52H92N4O4. The number of hydrogen-bond donors (Lipinski definition) is 6. The predicted molar refractivity (Wildman–Crippen MR) is 247 cm³/mol. The molecule has 0 amide bonds. The fraction of sp³-hybridized carbons (Fsp3) is 0.923. The van der Waals surface area contributed by atoms with E-state index in [1.165, 1.54) is 109 Å². The zero-order valence-corrected chi connectivity index (χ0v) is 39.6. The SMILES string of the molecule is C=C1CC[C@H]2[C@H](CNC3CCN(C)CC3)[C@@H]([C@@]3(C)CC[C@H](O)C[C@@H]3CO)CC[C@]12C.CN1CCC(NC[C@H]2C3=C(CC[C@@H]2[C@@]2(C)CC[C@H](O)C[C@@H]2CO)C(C)(C)CC3)CC1. The molecule has 0 aromatic heterocycles. The van der Waals surface area contributed by atoms with Crippen molar-refractivity contribution < 1.29 is 20.4 Å². The molecule has 0 aromatic rings. The maximum atomic E-state index is 10.3.